The van der Waals surface area contributed by atoms with Gasteiger partial charge in [-0.2, -0.15) is 4.31 Å². The second kappa shape index (κ2) is 7.98. The minimum Gasteiger partial charge on any atom is -0.258 e. The lowest BCUT2D eigenvalue weighted by molar-refractivity contribution is -0.384. The van der Waals surface area contributed by atoms with E-state index in [-0.39, 0.29) is 10.6 Å². The summed E-state index contributed by atoms with van der Waals surface area (Å²) in [5.74, 6) is 0.563. The predicted molar refractivity (Wildman–Crippen MR) is 104 cm³/mol. The van der Waals surface area contributed by atoms with E-state index in [2.05, 4.69) is 11.9 Å². The first-order chi connectivity index (χ1) is 12.9. The van der Waals surface area contributed by atoms with Crippen molar-refractivity contribution in [2.24, 2.45) is 10.9 Å². The Morgan fingerprint density at radius 3 is 2.22 bits per heavy atom. The normalized spacial score (nSPS) is 16.6. The number of aliphatic imine (C=N–C) groups is 1. The number of nitro groups is 1. The van der Waals surface area contributed by atoms with E-state index in [4.69, 9.17) is 0 Å². The van der Waals surface area contributed by atoms with Gasteiger partial charge >= 0.3 is 0 Å². The van der Waals surface area contributed by atoms with Crippen LogP contribution in [0.25, 0.3) is 0 Å². The Morgan fingerprint density at radius 2 is 1.67 bits per heavy atom. The molecule has 0 unspecified atom stereocenters. The van der Waals surface area contributed by atoms with Gasteiger partial charge in [0.1, 0.15) is 0 Å². The number of hydrogen-bond donors (Lipinski definition) is 0. The summed E-state index contributed by atoms with van der Waals surface area (Å²) >= 11 is 0. The summed E-state index contributed by atoms with van der Waals surface area (Å²) < 4.78 is 27.0. The number of non-ortho nitro benzene ring substituents is 1. The van der Waals surface area contributed by atoms with E-state index in [0.717, 1.165) is 18.4 Å². The highest BCUT2D eigenvalue weighted by Crippen LogP contribution is 2.25. The summed E-state index contributed by atoms with van der Waals surface area (Å²) in [7, 11) is -3.46. The van der Waals surface area contributed by atoms with E-state index >= 15 is 0 Å². The Bertz CT molecular complexity index is 930. The average Bonchev–Trinajstić information content (AvgIpc) is 2.67. The number of nitrogens with zero attached hydrogens (tertiary/aromatic N) is 3. The van der Waals surface area contributed by atoms with E-state index in [1.807, 2.05) is 0 Å². The third-order valence-electron chi connectivity index (χ3n) is 4.68. The number of rotatable bonds is 5. The molecule has 1 aliphatic rings. The minimum atomic E-state index is -3.46. The Kier molecular flexibility index (Phi) is 5.67. The van der Waals surface area contributed by atoms with Crippen LogP contribution in [0.4, 0.5) is 11.4 Å². The van der Waals surface area contributed by atoms with E-state index in [1.54, 1.807) is 46.9 Å². The molecule has 1 fully saturated rings. The SMILES string of the molecule is CC1CCN(S(=O)(=O)c2ccc(N=Cc3ccc([N+](=O)[O-])cc3)cc2)CC1. The van der Waals surface area contributed by atoms with Crippen molar-refractivity contribution in [1.82, 2.24) is 4.31 Å². The number of hydrogen-bond acceptors (Lipinski definition) is 5. The molecule has 7 nitrogen and oxygen atoms in total. The molecular formula is C19H21N3O4S. The zero-order chi connectivity index (χ0) is 19.4. The van der Waals surface area contributed by atoms with Crippen LogP contribution in [0.2, 0.25) is 0 Å². The van der Waals surface area contributed by atoms with Crippen LogP contribution in [-0.2, 0) is 10.0 Å². The van der Waals surface area contributed by atoms with Crippen LogP contribution in [0.1, 0.15) is 25.3 Å². The van der Waals surface area contributed by atoms with Crippen LogP contribution < -0.4 is 0 Å². The van der Waals surface area contributed by atoms with Gasteiger partial charge in [0.15, 0.2) is 0 Å². The van der Waals surface area contributed by atoms with Gasteiger partial charge in [0.25, 0.3) is 5.69 Å². The molecule has 0 saturated carbocycles. The Labute approximate surface area is 158 Å². The van der Waals surface area contributed by atoms with Gasteiger partial charge in [-0.05, 0) is 60.7 Å². The van der Waals surface area contributed by atoms with E-state index < -0.39 is 14.9 Å². The van der Waals surface area contributed by atoms with Gasteiger partial charge < -0.3 is 0 Å². The molecule has 8 heteroatoms. The molecule has 0 radical (unpaired) electrons. The first-order valence-corrected chi connectivity index (χ1v) is 10.2. The molecule has 0 atom stereocenters. The van der Waals surface area contributed by atoms with Crippen LogP contribution in [0.5, 0.6) is 0 Å². The highest BCUT2D eigenvalue weighted by atomic mass is 32.2. The number of nitro benzene ring substituents is 1. The minimum absolute atomic E-state index is 0.0221. The van der Waals surface area contributed by atoms with Gasteiger partial charge in [-0.25, -0.2) is 8.42 Å². The molecule has 0 aromatic heterocycles. The average molecular weight is 387 g/mol. The van der Waals surface area contributed by atoms with Crippen LogP contribution in [-0.4, -0.2) is 37.0 Å². The van der Waals surface area contributed by atoms with Crippen molar-refractivity contribution < 1.29 is 13.3 Å². The summed E-state index contributed by atoms with van der Waals surface area (Å²) in [4.78, 5) is 14.8. The first kappa shape index (κ1) is 19.2. The second-order valence-corrected chi connectivity index (χ2v) is 8.63. The van der Waals surface area contributed by atoms with Gasteiger partial charge in [-0.3, -0.25) is 15.1 Å². The molecule has 1 aliphatic heterocycles. The largest absolute Gasteiger partial charge is 0.269 e. The summed E-state index contributed by atoms with van der Waals surface area (Å²) in [5, 5.41) is 10.7. The van der Waals surface area contributed by atoms with Gasteiger partial charge in [0.05, 0.1) is 15.5 Å². The molecule has 142 valence electrons. The molecule has 0 spiro atoms. The van der Waals surface area contributed by atoms with Crippen molar-refractivity contribution in [1.29, 1.82) is 0 Å². The lowest BCUT2D eigenvalue weighted by Crippen LogP contribution is -2.37. The zero-order valence-electron chi connectivity index (χ0n) is 15.0. The zero-order valence-corrected chi connectivity index (χ0v) is 15.8. The summed E-state index contributed by atoms with van der Waals surface area (Å²) in [6, 6.07) is 12.5. The quantitative estimate of drug-likeness (QED) is 0.443. The maximum absolute atomic E-state index is 12.7. The highest BCUT2D eigenvalue weighted by Gasteiger charge is 2.27. The fraction of sp³-hybridized carbons (Fsp3) is 0.316. The lowest BCUT2D eigenvalue weighted by atomic mass is 10.0. The number of sulfonamides is 1. The van der Waals surface area contributed by atoms with E-state index in [0.29, 0.717) is 24.7 Å². The van der Waals surface area contributed by atoms with Crippen LogP contribution >= 0.6 is 0 Å². The fourth-order valence-electron chi connectivity index (χ4n) is 2.91. The lowest BCUT2D eigenvalue weighted by Gasteiger charge is -2.29. The van der Waals surface area contributed by atoms with Crippen LogP contribution in [0, 0.1) is 16.0 Å². The molecule has 0 aliphatic carbocycles. The van der Waals surface area contributed by atoms with Crippen molar-refractivity contribution in [3.63, 3.8) is 0 Å². The van der Waals surface area contributed by atoms with Gasteiger partial charge in [-0.15, -0.1) is 0 Å². The predicted octanol–water partition coefficient (Wildman–Crippen LogP) is 3.77. The monoisotopic (exact) mass is 387 g/mol. The molecule has 27 heavy (non-hydrogen) atoms. The highest BCUT2D eigenvalue weighted by molar-refractivity contribution is 7.89. The number of benzene rings is 2. The summed E-state index contributed by atoms with van der Waals surface area (Å²) in [6.45, 7) is 3.26. The molecule has 1 saturated heterocycles. The first-order valence-electron chi connectivity index (χ1n) is 8.75. The van der Waals surface area contributed by atoms with Crippen molar-refractivity contribution in [2.75, 3.05) is 13.1 Å². The van der Waals surface area contributed by atoms with Gasteiger partial charge in [0, 0.05) is 31.4 Å². The third-order valence-corrected chi connectivity index (χ3v) is 6.60. The van der Waals surface area contributed by atoms with Crippen molar-refractivity contribution >= 4 is 27.6 Å². The molecular weight excluding hydrogens is 366 g/mol. The Balaban J connectivity index is 1.70. The van der Waals surface area contributed by atoms with Crippen molar-refractivity contribution in [3.8, 4) is 0 Å². The maximum atomic E-state index is 12.7. The van der Waals surface area contributed by atoms with Gasteiger partial charge in [0.2, 0.25) is 10.0 Å². The third kappa shape index (κ3) is 4.58. The van der Waals surface area contributed by atoms with Crippen LogP contribution in [0.3, 0.4) is 0 Å². The van der Waals surface area contributed by atoms with E-state index in [1.165, 1.54) is 12.1 Å². The van der Waals surface area contributed by atoms with E-state index in [9.17, 15) is 18.5 Å². The second-order valence-electron chi connectivity index (χ2n) is 6.69. The van der Waals surface area contributed by atoms with Crippen molar-refractivity contribution in [3.05, 3.63) is 64.2 Å². The molecule has 2 aromatic carbocycles. The van der Waals surface area contributed by atoms with Gasteiger partial charge in [-0.1, -0.05) is 6.92 Å². The molecule has 2 aromatic rings. The number of piperidine rings is 1. The standard InChI is InChI=1S/C19H21N3O4S/c1-15-10-12-21(13-11-15)27(25,26)19-8-4-17(5-9-19)20-14-16-2-6-18(7-3-16)22(23)24/h2-9,14-15H,10-13H2,1H3. The molecule has 3 rings (SSSR count). The Morgan fingerprint density at radius 1 is 1.07 bits per heavy atom. The van der Waals surface area contributed by atoms with Crippen LogP contribution in [0.15, 0.2) is 58.4 Å². The summed E-state index contributed by atoms with van der Waals surface area (Å²) in [5.41, 5.74) is 1.35. The topological polar surface area (TPSA) is 92.9 Å². The Hall–Kier alpha value is -2.58. The molecule has 1 heterocycles. The maximum Gasteiger partial charge on any atom is 0.269 e. The molecule has 0 bridgehead atoms. The molecule has 0 amide bonds. The summed E-state index contributed by atoms with van der Waals surface area (Å²) in [6.07, 6.45) is 3.35. The van der Waals surface area contributed by atoms with Crippen molar-refractivity contribution in [2.45, 2.75) is 24.7 Å². The smallest absolute Gasteiger partial charge is 0.258 e. The molecule has 0 N–H and O–H groups in total. The fourth-order valence-corrected chi connectivity index (χ4v) is 4.38.